The van der Waals surface area contributed by atoms with Gasteiger partial charge in [-0.25, -0.2) is 4.98 Å². The van der Waals surface area contributed by atoms with Crippen LogP contribution in [-0.4, -0.2) is 10.9 Å². The van der Waals surface area contributed by atoms with Crippen LogP contribution in [0.2, 0.25) is 0 Å². The van der Waals surface area contributed by atoms with E-state index in [1.165, 1.54) is 11.3 Å². The summed E-state index contributed by atoms with van der Waals surface area (Å²) in [6, 6.07) is 11.1. The van der Waals surface area contributed by atoms with E-state index in [9.17, 15) is 4.79 Å². The van der Waals surface area contributed by atoms with Crippen molar-refractivity contribution in [1.29, 1.82) is 0 Å². The predicted octanol–water partition coefficient (Wildman–Crippen LogP) is 4.11. The maximum atomic E-state index is 12.4. The van der Waals surface area contributed by atoms with Gasteiger partial charge in [-0.3, -0.25) is 4.79 Å². The van der Waals surface area contributed by atoms with E-state index in [4.69, 9.17) is 9.15 Å². The number of thiazole rings is 1. The zero-order valence-electron chi connectivity index (χ0n) is 13.5. The van der Waals surface area contributed by atoms with Crippen LogP contribution in [0.5, 0.6) is 5.75 Å². The topological polar surface area (TPSA) is 64.4 Å². The highest BCUT2D eigenvalue weighted by molar-refractivity contribution is 7.09. The second-order valence-electron chi connectivity index (χ2n) is 5.39. The first-order valence-corrected chi connectivity index (χ1v) is 8.49. The van der Waals surface area contributed by atoms with Crippen LogP contribution in [0.15, 0.2) is 52.4 Å². The molecule has 0 fully saturated rings. The fraction of sp³-hybridized carbons (Fsp3) is 0.222. The number of benzene rings is 1. The average molecular weight is 342 g/mol. The molecule has 0 saturated heterocycles. The molecule has 0 radical (unpaired) electrons. The second kappa shape index (κ2) is 7.31. The molecule has 6 heteroatoms. The van der Waals surface area contributed by atoms with Gasteiger partial charge in [0.1, 0.15) is 23.1 Å². The third kappa shape index (κ3) is 3.83. The van der Waals surface area contributed by atoms with Crippen molar-refractivity contribution >= 4 is 17.2 Å². The third-order valence-electron chi connectivity index (χ3n) is 3.47. The van der Waals surface area contributed by atoms with Gasteiger partial charge in [0.25, 0.3) is 5.91 Å². The van der Waals surface area contributed by atoms with E-state index in [2.05, 4.69) is 10.3 Å². The Morgan fingerprint density at radius 3 is 2.88 bits per heavy atom. The Labute approximate surface area is 144 Å². The number of nitrogens with one attached hydrogen (secondary N) is 1. The number of hydrogen-bond acceptors (Lipinski definition) is 5. The van der Waals surface area contributed by atoms with Crippen molar-refractivity contribution in [3.8, 4) is 5.75 Å². The van der Waals surface area contributed by atoms with Crippen molar-refractivity contribution in [2.45, 2.75) is 26.5 Å². The number of aryl methyl sites for hydroxylation is 1. The molecule has 1 atom stereocenters. The second-order valence-corrected chi connectivity index (χ2v) is 6.32. The minimum atomic E-state index is -0.249. The fourth-order valence-electron chi connectivity index (χ4n) is 2.29. The molecule has 2 heterocycles. The molecule has 0 aliphatic rings. The number of carbonyl (C=O) groups is 1. The first-order valence-electron chi connectivity index (χ1n) is 7.61. The molecule has 0 aliphatic carbocycles. The van der Waals surface area contributed by atoms with Crippen LogP contribution in [0, 0.1) is 6.92 Å². The number of ether oxygens (including phenoxy) is 1. The number of para-hydroxylation sites is 1. The lowest BCUT2D eigenvalue weighted by atomic mass is 10.2. The SMILES string of the molecule is Cc1cc(COc2ccccc2)oc1C(=O)N[C@@H](C)c1nccs1. The summed E-state index contributed by atoms with van der Waals surface area (Å²) in [6.45, 7) is 4.02. The standard InChI is InChI=1S/C18H18N2O3S/c1-12-10-15(11-22-14-6-4-3-5-7-14)23-16(12)17(21)20-13(2)18-19-8-9-24-18/h3-10,13H,11H2,1-2H3,(H,20,21)/t13-/m0/s1. The van der Waals surface area contributed by atoms with Crippen LogP contribution in [0.4, 0.5) is 0 Å². The summed E-state index contributed by atoms with van der Waals surface area (Å²) < 4.78 is 11.3. The molecule has 5 nitrogen and oxygen atoms in total. The maximum Gasteiger partial charge on any atom is 0.287 e. The zero-order valence-corrected chi connectivity index (χ0v) is 14.3. The summed E-state index contributed by atoms with van der Waals surface area (Å²) in [5.41, 5.74) is 0.783. The highest BCUT2D eigenvalue weighted by atomic mass is 32.1. The molecule has 124 valence electrons. The van der Waals surface area contributed by atoms with Crippen molar-refractivity contribution in [3.05, 3.63) is 70.1 Å². The Kier molecular flexibility index (Phi) is 4.96. The molecule has 0 spiro atoms. The van der Waals surface area contributed by atoms with E-state index in [0.29, 0.717) is 11.5 Å². The van der Waals surface area contributed by atoms with Crippen molar-refractivity contribution < 1.29 is 13.9 Å². The molecule has 0 unspecified atom stereocenters. The van der Waals surface area contributed by atoms with Gasteiger partial charge in [-0.2, -0.15) is 0 Å². The molecule has 3 aromatic rings. The number of carbonyl (C=O) groups excluding carboxylic acids is 1. The zero-order chi connectivity index (χ0) is 16.9. The molecule has 3 rings (SSSR count). The molecular formula is C18H18N2O3S. The largest absolute Gasteiger partial charge is 0.486 e. The van der Waals surface area contributed by atoms with E-state index in [0.717, 1.165) is 16.3 Å². The molecule has 1 aromatic carbocycles. The molecule has 1 amide bonds. The smallest absolute Gasteiger partial charge is 0.287 e. The first kappa shape index (κ1) is 16.3. The van der Waals surface area contributed by atoms with E-state index in [-0.39, 0.29) is 18.6 Å². The normalized spacial score (nSPS) is 11.9. The van der Waals surface area contributed by atoms with Gasteiger partial charge in [0, 0.05) is 17.1 Å². The van der Waals surface area contributed by atoms with Crippen LogP contribution in [0.25, 0.3) is 0 Å². The van der Waals surface area contributed by atoms with Crippen LogP contribution in [0.1, 0.15) is 39.9 Å². The highest BCUT2D eigenvalue weighted by Gasteiger charge is 2.19. The Bertz CT molecular complexity index is 797. The van der Waals surface area contributed by atoms with Crippen LogP contribution < -0.4 is 10.1 Å². The molecule has 1 N–H and O–H groups in total. The van der Waals surface area contributed by atoms with Gasteiger partial charge in [0.2, 0.25) is 0 Å². The van der Waals surface area contributed by atoms with E-state index in [1.54, 1.807) is 6.20 Å². The summed E-state index contributed by atoms with van der Waals surface area (Å²) in [6.07, 6.45) is 1.72. The molecular weight excluding hydrogens is 324 g/mol. The minimum Gasteiger partial charge on any atom is -0.486 e. The average Bonchev–Trinajstić information content (AvgIpc) is 3.23. The van der Waals surface area contributed by atoms with Crippen LogP contribution >= 0.6 is 11.3 Å². The number of rotatable bonds is 6. The van der Waals surface area contributed by atoms with Gasteiger partial charge in [-0.15, -0.1) is 11.3 Å². The summed E-state index contributed by atoms with van der Waals surface area (Å²) in [5.74, 6) is 1.43. The number of amides is 1. The molecule has 0 aliphatic heterocycles. The van der Waals surface area contributed by atoms with Gasteiger partial charge in [0.15, 0.2) is 5.76 Å². The van der Waals surface area contributed by atoms with Crippen molar-refractivity contribution in [3.63, 3.8) is 0 Å². The Morgan fingerprint density at radius 2 is 2.17 bits per heavy atom. The Hall–Kier alpha value is -2.60. The van der Waals surface area contributed by atoms with E-state index < -0.39 is 0 Å². The van der Waals surface area contributed by atoms with Crippen molar-refractivity contribution in [2.75, 3.05) is 0 Å². The van der Waals surface area contributed by atoms with Gasteiger partial charge in [-0.05, 0) is 32.0 Å². The van der Waals surface area contributed by atoms with Crippen molar-refractivity contribution in [2.24, 2.45) is 0 Å². The lowest BCUT2D eigenvalue weighted by molar-refractivity contribution is 0.0907. The highest BCUT2D eigenvalue weighted by Crippen LogP contribution is 2.20. The van der Waals surface area contributed by atoms with Crippen LogP contribution in [-0.2, 0) is 6.61 Å². The summed E-state index contributed by atoms with van der Waals surface area (Å²) >= 11 is 1.51. The van der Waals surface area contributed by atoms with Crippen LogP contribution in [0.3, 0.4) is 0 Å². The lowest BCUT2D eigenvalue weighted by Crippen LogP contribution is -2.26. The Balaban J connectivity index is 1.64. The summed E-state index contributed by atoms with van der Waals surface area (Å²) in [5, 5.41) is 5.65. The molecule has 0 bridgehead atoms. The third-order valence-corrected chi connectivity index (χ3v) is 4.43. The monoisotopic (exact) mass is 342 g/mol. The molecule has 2 aromatic heterocycles. The number of furan rings is 1. The predicted molar refractivity (Wildman–Crippen MR) is 92.2 cm³/mol. The molecule has 24 heavy (non-hydrogen) atoms. The van der Waals surface area contributed by atoms with E-state index in [1.807, 2.05) is 55.6 Å². The fourth-order valence-corrected chi connectivity index (χ4v) is 2.93. The minimum absolute atomic E-state index is 0.161. The van der Waals surface area contributed by atoms with Crippen molar-refractivity contribution in [1.82, 2.24) is 10.3 Å². The summed E-state index contributed by atoms with van der Waals surface area (Å²) in [4.78, 5) is 16.6. The van der Waals surface area contributed by atoms with Gasteiger partial charge in [-0.1, -0.05) is 18.2 Å². The Morgan fingerprint density at radius 1 is 1.38 bits per heavy atom. The van der Waals surface area contributed by atoms with Gasteiger partial charge < -0.3 is 14.5 Å². The van der Waals surface area contributed by atoms with E-state index >= 15 is 0 Å². The first-order chi connectivity index (χ1) is 11.6. The number of nitrogens with zero attached hydrogens (tertiary/aromatic N) is 1. The quantitative estimate of drug-likeness (QED) is 0.732. The number of aromatic nitrogens is 1. The van der Waals surface area contributed by atoms with Gasteiger partial charge in [0.05, 0.1) is 6.04 Å². The lowest BCUT2D eigenvalue weighted by Gasteiger charge is -2.10. The van der Waals surface area contributed by atoms with Gasteiger partial charge >= 0.3 is 0 Å². The maximum absolute atomic E-state index is 12.4. The number of hydrogen-bond donors (Lipinski definition) is 1. The molecule has 0 saturated carbocycles. The summed E-state index contributed by atoms with van der Waals surface area (Å²) in [7, 11) is 0.